The Morgan fingerprint density at radius 1 is 1.19 bits per heavy atom. The largest absolute Gasteiger partial charge is 0.324 e. The first kappa shape index (κ1) is 20.1. The van der Waals surface area contributed by atoms with Gasteiger partial charge in [-0.25, -0.2) is 19.3 Å². The monoisotopic (exact) mass is 429 g/mol. The number of carbonyl (C=O) groups excluding carboxylic acids is 1. The third-order valence-electron chi connectivity index (χ3n) is 5.64. The van der Waals surface area contributed by atoms with E-state index in [1.807, 2.05) is 13.0 Å². The smallest absolute Gasteiger partial charge is 0.278 e. The van der Waals surface area contributed by atoms with E-state index in [2.05, 4.69) is 37.7 Å². The molecule has 32 heavy (non-hydrogen) atoms. The molecule has 0 unspecified atom stereocenters. The van der Waals surface area contributed by atoms with E-state index in [9.17, 15) is 9.59 Å². The average molecular weight is 429 g/mol. The maximum Gasteiger partial charge on any atom is 0.278 e. The van der Waals surface area contributed by atoms with Crippen LogP contribution in [0.25, 0.3) is 16.9 Å². The van der Waals surface area contributed by atoms with Crippen LogP contribution in [0.4, 0.5) is 11.6 Å². The first-order valence-electron chi connectivity index (χ1n) is 10.6. The van der Waals surface area contributed by atoms with Gasteiger partial charge >= 0.3 is 0 Å². The van der Waals surface area contributed by atoms with E-state index in [1.54, 1.807) is 27.6 Å². The van der Waals surface area contributed by atoms with Crippen LogP contribution in [0.15, 0.2) is 47.4 Å². The molecular formula is C23H23N7O2. The molecule has 3 aromatic heterocycles. The Balaban J connectivity index is 1.60. The van der Waals surface area contributed by atoms with Crippen molar-refractivity contribution in [1.82, 2.24) is 29.6 Å². The van der Waals surface area contributed by atoms with E-state index < -0.39 is 0 Å². The molecule has 2 N–H and O–H groups in total. The van der Waals surface area contributed by atoms with Gasteiger partial charge in [0.25, 0.3) is 5.56 Å². The number of fused-ring (bicyclic) bond motifs is 2. The zero-order chi connectivity index (χ0) is 22.2. The summed E-state index contributed by atoms with van der Waals surface area (Å²) < 4.78 is 3.19. The van der Waals surface area contributed by atoms with E-state index in [4.69, 9.17) is 0 Å². The number of rotatable bonds is 5. The van der Waals surface area contributed by atoms with Crippen LogP contribution in [0, 0.1) is 0 Å². The van der Waals surface area contributed by atoms with Crippen molar-refractivity contribution in [3.8, 4) is 5.82 Å². The number of anilines is 2. The van der Waals surface area contributed by atoms with Crippen molar-refractivity contribution in [3.05, 3.63) is 69.8 Å². The number of pyridine rings is 1. The molecule has 9 nitrogen and oxygen atoms in total. The molecule has 4 heterocycles. The number of benzene rings is 1. The van der Waals surface area contributed by atoms with Crippen molar-refractivity contribution in [2.24, 2.45) is 0 Å². The second kappa shape index (κ2) is 8.01. The van der Waals surface area contributed by atoms with Crippen molar-refractivity contribution in [2.75, 3.05) is 11.9 Å². The van der Waals surface area contributed by atoms with Gasteiger partial charge in [0.1, 0.15) is 11.1 Å². The van der Waals surface area contributed by atoms with E-state index >= 15 is 0 Å². The van der Waals surface area contributed by atoms with Gasteiger partial charge < -0.3 is 10.6 Å². The highest BCUT2D eigenvalue weighted by atomic mass is 16.1. The van der Waals surface area contributed by atoms with Gasteiger partial charge in [-0.3, -0.25) is 9.59 Å². The molecule has 162 valence electrons. The summed E-state index contributed by atoms with van der Waals surface area (Å²) in [6.07, 6.45) is 2.55. The van der Waals surface area contributed by atoms with Gasteiger partial charge in [-0.15, -0.1) is 0 Å². The van der Waals surface area contributed by atoms with Crippen LogP contribution >= 0.6 is 0 Å². The molecule has 5 rings (SSSR count). The number of hydrogen-bond acceptors (Lipinski definition) is 7. The first-order valence-corrected chi connectivity index (χ1v) is 10.6. The van der Waals surface area contributed by atoms with Crippen LogP contribution in [0.2, 0.25) is 0 Å². The molecule has 1 aliphatic heterocycles. The first-order chi connectivity index (χ1) is 15.5. The van der Waals surface area contributed by atoms with E-state index in [1.165, 1.54) is 24.2 Å². The molecule has 0 fully saturated rings. The van der Waals surface area contributed by atoms with Gasteiger partial charge in [-0.05, 0) is 55.3 Å². The second-order valence-electron chi connectivity index (χ2n) is 7.74. The van der Waals surface area contributed by atoms with Crippen LogP contribution in [0.5, 0.6) is 0 Å². The standard InChI is InChI=1S/C23H23N7O2/c1-3-29-22(32)18-13-25-23(26-17-8-7-15-9-10-24-12-16(15)11-17)28-21(18)30(29)20-6-4-5-19(27-20)14(2)31/h4-8,11,13,24H,3,9-10,12H2,1-2H3,(H,25,26,28). The fourth-order valence-electron chi connectivity index (χ4n) is 4.03. The summed E-state index contributed by atoms with van der Waals surface area (Å²) in [5.74, 6) is 0.690. The van der Waals surface area contributed by atoms with Gasteiger partial charge in [-0.1, -0.05) is 12.1 Å². The summed E-state index contributed by atoms with van der Waals surface area (Å²) in [6, 6.07) is 11.4. The summed E-state index contributed by atoms with van der Waals surface area (Å²) in [6.45, 7) is 5.58. The molecule has 0 radical (unpaired) electrons. The van der Waals surface area contributed by atoms with Gasteiger partial charge in [0.15, 0.2) is 17.2 Å². The number of aromatic nitrogens is 5. The quantitative estimate of drug-likeness (QED) is 0.470. The third-order valence-corrected chi connectivity index (χ3v) is 5.64. The van der Waals surface area contributed by atoms with Crippen LogP contribution in [0.3, 0.4) is 0 Å². The van der Waals surface area contributed by atoms with E-state index in [0.717, 1.165) is 25.2 Å². The number of nitrogens with one attached hydrogen (secondary N) is 2. The normalized spacial score (nSPS) is 13.2. The Hall–Kier alpha value is -3.85. The second-order valence-corrected chi connectivity index (χ2v) is 7.74. The summed E-state index contributed by atoms with van der Waals surface area (Å²) in [7, 11) is 0. The maximum absolute atomic E-state index is 12.9. The van der Waals surface area contributed by atoms with Crippen molar-refractivity contribution >= 4 is 28.5 Å². The number of nitrogens with zero attached hydrogens (tertiary/aromatic N) is 5. The zero-order valence-electron chi connectivity index (χ0n) is 17.9. The molecule has 4 aromatic rings. The Bertz CT molecular complexity index is 1400. The van der Waals surface area contributed by atoms with Crippen LogP contribution in [-0.2, 0) is 19.5 Å². The van der Waals surface area contributed by atoms with Crippen molar-refractivity contribution in [1.29, 1.82) is 0 Å². The molecule has 0 amide bonds. The molecule has 1 aliphatic rings. The maximum atomic E-state index is 12.9. The third kappa shape index (κ3) is 3.46. The highest BCUT2D eigenvalue weighted by Gasteiger charge is 2.18. The number of hydrogen-bond donors (Lipinski definition) is 2. The topological polar surface area (TPSA) is 107 Å². The number of ketones is 1. The van der Waals surface area contributed by atoms with Crippen LogP contribution in [0.1, 0.15) is 35.5 Å². The molecule has 9 heteroatoms. The summed E-state index contributed by atoms with van der Waals surface area (Å²) in [4.78, 5) is 38.2. The van der Waals surface area contributed by atoms with E-state index in [0.29, 0.717) is 35.0 Å². The molecule has 0 spiro atoms. The van der Waals surface area contributed by atoms with Gasteiger partial charge in [0.05, 0.1) is 0 Å². The molecule has 1 aromatic carbocycles. The molecular weight excluding hydrogens is 406 g/mol. The van der Waals surface area contributed by atoms with Crippen LogP contribution in [-0.4, -0.2) is 36.6 Å². The minimum atomic E-state index is -0.205. The Kier molecular flexibility index (Phi) is 5.02. The predicted molar refractivity (Wildman–Crippen MR) is 122 cm³/mol. The van der Waals surface area contributed by atoms with E-state index in [-0.39, 0.29) is 11.3 Å². The van der Waals surface area contributed by atoms with Crippen molar-refractivity contribution in [2.45, 2.75) is 33.4 Å². The van der Waals surface area contributed by atoms with Crippen molar-refractivity contribution < 1.29 is 4.79 Å². The van der Waals surface area contributed by atoms with Gasteiger partial charge in [0, 0.05) is 31.9 Å². The summed E-state index contributed by atoms with van der Waals surface area (Å²) in [5.41, 5.74) is 4.03. The van der Waals surface area contributed by atoms with Gasteiger partial charge in [-0.2, -0.15) is 4.98 Å². The van der Waals surface area contributed by atoms with Gasteiger partial charge in [0.2, 0.25) is 5.95 Å². The predicted octanol–water partition coefficient (Wildman–Crippen LogP) is 2.59. The summed E-state index contributed by atoms with van der Waals surface area (Å²) in [5, 5.41) is 7.02. The van der Waals surface area contributed by atoms with Crippen molar-refractivity contribution in [3.63, 3.8) is 0 Å². The SMILES string of the molecule is CCn1c(=O)c2cnc(Nc3ccc4c(c3)CNCC4)nc2n1-c1cccc(C(C)=O)n1. The Labute approximate surface area is 184 Å². The Morgan fingerprint density at radius 2 is 2.06 bits per heavy atom. The lowest BCUT2D eigenvalue weighted by Crippen LogP contribution is -2.23. The highest BCUT2D eigenvalue weighted by molar-refractivity contribution is 5.92. The fraction of sp³-hybridized carbons (Fsp3) is 0.261. The molecule has 0 aliphatic carbocycles. The zero-order valence-corrected chi connectivity index (χ0v) is 17.9. The fourth-order valence-corrected chi connectivity index (χ4v) is 4.03. The molecule has 0 saturated heterocycles. The lowest BCUT2D eigenvalue weighted by Gasteiger charge is -2.18. The molecule has 0 saturated carbocycles. The lowest BCUT2D eigenvalue weighted by atomic mass is 10.0. The number of Topliss-reactive ketones (excluding diaryl/α,β-unsaturated/α-hetero) is 1. The average Bonchev–Trinajstić information content (AvgIpc) is 3.10. The lowest BCUT2D eigenvalue weighted by molar-refractivity contribution is 0.101. The summed E-state index contributed by atoms with van der Waals surface area (Å²) >= 11 is 0. The minimum Gasteiger partial charge on any atom is -0.324 e. The number of carbonyl (C=O) groups is 1. The molecule has 0 bridgehead atoms. The highest BCUT2D eigenvalue weighted by Crippen LogP contribution is 2.22. The molecule has 0 atom stereocenters. The van der Waals surface area contributed by atoms with Crippen LogP contribution < -0.4 is 16.2 Å². The Morgan fingerprint density at radius 3 is 2.88 bits per heavy atom. The minimum absolute atomic E-state index is 0.146.